The number of amides is 1. The maximum Gasteiger partial charge on any atom is 0.224 e. The van der Waals surface area contributed by atoms with E-state index in [4.69, 9.17) is 9.47 Å². The minimum atomic E-state index is -0.0320. The van der Waals surface area contributed by atoms with Crippen LogP contribution in [0.25, 0.3) is 0 Å². The van der Waals surface area contributed by atoms with Crippen molar-refractivity contribution < 1.29 is 14.3 Å². The van der Waals surface area contributed by atoms with Gasteiger partial charge in [0.05, 0.1) is 0 Å². The lowest BCUT2D eigenvalue weighted by atomic mass is 9.84. The number of fused-ring (bicyclic) bond motifs is 1. The highest BCUT2D eigenvalue weighted by molar-refractivity contribution is 5.91. The van der Waals surface area contributed by atoms with E-state index in [2.05, 4.69) is 61.4 Å². The minimum Gasteiger partial charge on any atom is -0.486 e. The molecule has 1 aliphatic heterocycles. The van der Waals surface area contributed by atoms with E-state index in [1.165, 1.54) is 5.56 Å². The lowest BCUT2D eigenvalue weighted by Crippen LogP contribution is -2.18. The van der Waals surface area contributed by atoms with Gasteiger partial charge in [-0.05, 0) is 52.6 Å². The van der Waals surface area contributed by atoms with Crippen molar-refractivity contribution in [2.24, 2.45) is 0 Å². The molecule has 0 saturated carbocycles. The second-order valence-corrected chi connectivity index (χ2v) is 9.25. The van der Waals surface area contributed by atoms with Gasteiger partial charge in [0.15, 0.2) is 11.5 Å². The highest BCUT2D eigenvalue weighted by Gasteiger charge is 2.20. The number of nitrogens with one attached hydrogen (secondary N) is 1. The first-order chi connectivity index (χ1) is 15.4. The van der Waals surface area contributed by atoms with Crippen molar-refractivity contribution in [2.45, 2.75) is 44.9 Å². The number of hydrogen-bond acceptors (Lipinski definition) is 4. The Morgan fingerprint density at radius 1 is 1.03 bits per heavy atom. The zero-order valence-electron chi connectivity index (χ0n) is 18.9. The predicted molar refractivity (Wildman–Crippen MR) is 127 cm³/mol. The second-order valence-electron chi connectivity index (χ2n) is 9.25. The Hall–Kier alpha value is -3.34. The number of aromatic nitrogens is 1. The highest BCUT2D eigenvalue weighted by atomic mass is 16.6. The molecule has 1 N–H and O–H groups in total. The molecule has 3 aromatic rings. The van der Waals surface area contributed by atoms with Crippen molar-refractivity contribution in [2.75, 3.05) is 18.5 Å². The van der Waals surface area contributed by atoms with Gasteiger partial charge < -0.3 is 14.8 Å². The van der Waals surface area contributed by atoms with Crippen LogP contribution in [0.3, 0.4) is 0 Å². The fourth-order valence-electron chi connectivity index (χ4n) is 3.92. The lowest BCUT2D eigenvalue weighted by Gasteiger charge is -2.22. The molecule has 0 aliphatic carbocycles. The minimum absolute atomic E-state index is 0.0320. The summed E-state index contributed by atoms with van der Waals surface area (Å²) in [5, 5.41) is 3.02. The fourth-order valence-corrected chi connectivity index (χ4v) is 3.92. The number of carbonyl (C=O) groups is 1. The molecule has 166 valence electrons. The quantitative estimate of drug-likeness (QED) is 0.561. The molecule has 2 aromatic carbocycles. The molecule has 1 aromatic heterocycles. The highest BCUT2D eigenvalue weighted by Crippen LogP contribution is 2.33. The Balaban J connectivity index is 1.51. The van der Waals surface area contributed by atoms with Crippen LogP contribution in [-0.2, 0) is 16.6 Å². The number of ether oxygens (including phenoxy) is 2. The van der Waals surface area contributed by atoms with E-state index >= 15 is 0 Å². The number of anilines is 1. The van der Waals surface area contributed by atoms with E-state index in [0.717, 1.165) is 17.5 Å². The summed E-state index contributed by atoms with van der Waals surface area (Å²) in [5.41, 5.74) is 4.35. The number of carbonyl (C=O) groups excluding carboxylic acids is 1. The maximum atomic E-state index is 13.0. The van der Waals surface area contributed by atoms with Gasteiger partial charge in [0.25, 0.3) is 0 Å². The Morgan fingerprint density at radius 2 is 1.78 bits per heavy atom. The van der Waals surface area contributed by atoms with Crippen molar-refractivity contribution in [1.29, 1.82) is 0 Å². The molecule has 5 heteroatoms. The molecular weight excluding hydrogens is 400 g/mol. The van der Waals surface area contributed by atoms with E-state index in [-0.39, 0.29) is 17.2 Å². The largest absolute Gasteiger partial charge is 0.486 e. The summed E-state index contributed by atoms with van der Waals surface area (Å²) in [7, 11) is 0. The summed E-state index contributed by atoms with van der Waals surface area (Å²) in [5.74, 6) is 1.39. The van der Waals surface area contributed by atoms with Crippen LogP contribution in [0.15, 0.2) is 67.0 Å². The van der Waals surface area contributed by atoms with Crippen molar-refractivity contribution >= 4 is 11.6 Å². The van der Waals surface area contributed by atoms with Crippen LogP contribution < -0.4 is 14.8 Å². The zero-order valence-corrected chi connectivity index (χ0v) is 18.9. The first kappa shape index (κ1) is 21.9. The van der Waals surface area contributed by atoms with Gasteiger partial charge in [0, 0.05) is 30.6 Å². The standard InChI is InChI=1S/C27H30N2O3/c1-27(2,3)22-8-6-20(7-9-22)21(15-19-5-4-12-28-18-19)16-26(30)29-23-10-11-24-25(17-23)32-14-13-31-24/h4-12,17-18,21H,13-16H2,1-3H3,(H,29,30). The van der Waals surface area contributed by atoms with Crippen molar-refractivity contribution in [3.8, 4) is 11.5 Å². The Kier molecular flexibility index (Phi) is 6.45. The SMILES string of the molecule is CC(C)(C)c1ccc(C(CC(=O)Nc2ccc3c(c2)OCCO3)Cc2cccnc2)cc1. The topological polar surface area (TPSA) is 60.5 Å². The maximum absolute atomic E-state index is 13.0. The van der Waals surface area contributed by atoms with Gasteiger partial charge in [-0.25, -0.2) is 0 Å². The van der Waals surface area contributed by atoms with Crippen LogP contribution in [0, 0.1) is 0 Å². The van der Waals surface area contributed by atoms with Crippen molar-refractivity contribution in [3.05, 3.63) is 83.7 Å². The number of hydrogen-bond donors (Lipinski definition) is 1. The van der Waals surface area contributed by atoms with Gasteiger partial charge in [0.2, 0.25) is 5.91 Å². The molecule has 5 nitrogen and oxygen atoms in total. The summed E-state index contributed by atoms with van der Waals surface area (Å²) < 4.78 is 11.2. The molecule has 1 aliphatic rings. The van der Waals surface area contributed by atoms with E-state index in [0.29, 0.717) is 36.8 Å². The zero-order chi connectivity index (χ0) is 22.6. The molecule has 1 unspecified atom stereocenters. The second kappa shape index (κ2) is 9.43. The van der Waals surface area contributed by atoms with Gasteiger partial charge in [0.1, 0.15) is 13.2 Å². The third-order valence-corrected chi connectivity index (χ3v) is 5.71. The van der Waals surface area contributed by atoms with Gasteiger partial charge in [-0.15, -0.1) is 0 Å². The Labute approximate surface area is 189 Å². The van der Waals surface area contributed by atoms with E-state index < -0.39 is 0 Å². The number of benzene rings is 2. The molecule has 1 atom stereocenters. The van der Waals surface area contributed by atoms with Crippen LogP contribution in [0.4, 0.5) is 5.69 Å². The van der Waals surface area contributed by atoms with E-state index in [1.54, 1.807) is 6.20 Å². The average Bonchev–Trinajstić information content (AvgIpc) is 2.79. The Bertz CT molecular complexity index is 1060. The van der Waals surface area contributed by atoms with Gasteiger partial charge in [-0.3, -0.25) is 9.78 Å². The predicted octanol–water partition coefficient (Wildman–Crippen LogP) is 5.51. The molecule has 4 rings (SSSR count). The Morgan fingerprint density at radius 3 is 2.47 bits per heavy atom. The van der Waals surface area contributed by atoms with Crippen LogP contribution >= 0.6 is 0 Å². The molecule has 2 heterocycles. The first-order valence-corrected chi connectivity index (χ1v) is 11.1. The van der Waals surface area contributed by atoms with Gasteiger partial charge in [-0.1, -0.05) is 51.1 Å². The lowest BCUT2D eigenvalue weighted by molar-refractivity contribution is -0.116. The van der Waals surface area contributed by atoms with Gasteiger partial charge in [-0.2, -0.15) is 0 Å². The summed E-state index contributed by atoms with van der Waals surface area (Å²) in [6.07, 6.45) is 4.76. The van der Waals surface area contributed by atoms with E-state index in [9.17, 15) is 4.79 Å². The molecule has 32 heavy (non-hydrogen) atoms. The molecule has 0 radical (unpaired) electrons. The molecule has 0 saturated heterocycles. The third-order valence-electron chi connectivity index (χ3n) is 5.71. The number of pyridine rings is 1. The molecule has 0 fully saturated rings. The van der Waals surface area contributed by atoms with Gasteiger partial charge >= 0.3 is 0 Å². The van der Waals surface area contributed by atoms with Crippen LogP contribution in [0.1, 0.15) is 49.8 Å². The summed E-state index contributed by atoms with van der Waals surface area (Å²) in [4.78, 5) is 17.2. The number of rotatable bonds is 6. The van der Waals surface area contributed by atoms with E-state index in [1.807, 2.05) is 30.5 Å². The summed E-state index contributed by atoms with van der Waals surface area (Å²) in [6, 6.07) is 18.1. The fraction of sp³-hybridized carbons (Fsp3) is 0.333. The van der Waals surface area contributed by atoms with Crippen LogP contribution in [0.5, 0.6) is 11.5 Å². The molecular formula is C27H30N2O3. The van der Waals surface area contributed by atoms with Crippen molar-refractivity contribution in [3.63, 3.8) is 0 Å². The molecule has 0 spiro atoms. The number of nitrogens with zero attached hydrogens (tertiary/aromatic N) is 1. The molecule has 1 amide bonds. The summed E-state index contributed by atoms with van der Waals surface area (Å²) >= 11 is 0. The third kappa shape index (κ3) is 5.47. The average molecular weight is 431 g/mol. The summed E-state index contributed by atoms with van der Waals surface area (Å²) in [6.45, 7) is 7.67. The molecule has 0 bridgehead atoms. The van der Waals surface area contributed by atoms with Crippen LogP contribution in [-0.4, -0.2) is 24.1 Å². The normalized spacial score (nSPS) is 14.0. The smallest absolute Gasteiger partial charge is 0.224 e. The van der Waals surface area contributed by atoms with Crippen LogP contribution in [0.2, 0.25) is 0 Å². The van der Waals surface area contributed by atoms with Crippen molar-refractivity contribution in [1.82, 2.24) is 4.98 Å². The monoisotopic (exact) mass is 430 g/mol. The first-order valence-electron chi connectivity index (χ1n) is 11.1.